The molecule has 0 spiro atoms. The number of hydrogen-bond donors (Lipinski definition) is 1. The molecule has 0 aliphatic heterocycles. The summed E-state index contributed by atoms with van der Waals surface area (Å²) in [5.41, 5.74) is 3.94. The maximum absolute atomic E-state index is 12.5. The smallest absolute Gasteiger partial charge is 0.229 e. The van der Waals surface area contributed by atoms with Crippen molar-refractivity contribution in [3.8, 4) is 16.3 Å². The standard InChI is InChI=1S/C21H18N2O2S2/c1-13-11-14(7-8-17(13)25-2)12-19(24)23-20-15(9-10-26-20)21-22-16-5-3-4-6-18(16)27-21/h3-11H,12H2,1-2H3,(H,23,24). The second-order valence-electron chi connectivity index (χ2n) is 6.18. The zero-order valence-electron chi connectivity index (χ0n) is 15.0. The number of anilines is 1. The van der Waals surface area contributed by atoms with Crippen LogP contribution in [-0.2, 0) is 11.2 Å². The van der Waals surface area contributed by atoms with Gasteiger partial charge < -0.3 is 10.1 Å². The van der Waals surface area contributed by atoms with Gasteiger partial charge in [0.25, 0.3) is 0 Å². The zero-order valence-corrected chi connectivity index (χ0v) is 16.6. The summed E-state index contributed by atoms with van der Waals surface area (Å²) < 4.78 is 6.42. The summed E-state index contributed by atoms with van der Waals surface area (Å²) in [5.74, 6) is 0.792. The molecule has 4 rings (SSSR count). The summed E-state index contributed by atoms with van der Waals surface area (Å²) in [6, 6.07) is 15.9. The van der Waals surface area contributed by atoms with E-state index in [0.717, 1.165) is 42.7 Å². The Balaban J connectivity index is 1.52. The highest BCUT2D eigenvalue weighted by atomic mass is 32.1. The highest BCUT2D eigenvalue weighted by Gasteiger charge is 2.14. The molecule has 0 unspecified atom stereocenters. The van der Waals surface area contributed by atoms with Crippen molar-refractivity contribution in [1.29, 1.82) is 0 Å². The van der Waals surface area contributed by atoms with E-state index in [9.17, 15) is 4.79 Å². The molecular weight excluding hydrogens is 376 g/mol. The van der Waals surface area contributed by atoms with Crippen molar-refractivity contribution in [3.63, 3.8) is 0 Å². The summed E-state index contributed by atoms with van der Waals surface area (Å²) in [6.07, 6.45) is 0.321. The molecule has 0 saturated carbocycles. The van der Waals surface area contributed by atoms with Gasteiger partial charge in [-0.25, -0.2) is 4.98 Å². The predicted octanol–water partition coefficient (Wildman–Crippen LogP) is 5.52. The Morgan fingerprint density at radius 2 is 2.04 bits per heavy atom. The van der Waals surface area contributed by atoms with Crippen LogP contribution in [0.2, 0.25) is 0 Å². The van der Waals surface area contributed by atoms with Crippen molar-refractivity contribution in [2.45, 2.75) is 13.3 Å². The quantitative estimate of drug-likeness (QED) is 0.485. The van der Waals surface area contributed by atoms with E-state index in [1.807, 2.05) is 54.8 Å². The van der Waals surface area contributed by atoms with Crippen LogP contribution in [0.25, 0.3) is 20.8 Å². The Bertz CT molecular complexity index is 1080. The number of amides is 1. The Morgan fingerprint density at radius 3 is 2.81 bits per heavy atom. The third-order valence-electron chi connectivity index (χ3n) is 4.27. The number of aromatic nitrogens is 1. The number of aryl methyl sites for hydroxylation is 1. The average molecular weight is 395 g/mol. The summed E-state index contributed by atoms with van der Waals surface area (Å²) in [7, 11) is 1.65. The fourth-order valence-corrected chi connectivity index (χ4v) is 4.84. The number of nitrogens with zero attached hydrogens (tertiary/aromatic N) is 1. The Hall–Kier alpha value is -2.70. The van der Waals surface area contributed by atoms with Crippen LogP contribution in [0.3, 0.4) is 0 Å². The van der Waals surface area contributed by atoms with Crippen molar-refractivity contribution < 1.29 is 9.53 Å². The van der Waals surface area contributed by atoms with E-state index < -0.39 is 0 Å². The van der Waals surface area contributed by atoms with E-state index in [-0.39, 0.29) is 5.91 Å². The third kappa shape index (κ3) is 3.72. The van der Waals surface area contributed by atoms with Gasteiger partial charge in [0, 0.05) is 5.56 Å². The molecule has 0 aliphatic rings. The SMILES string of the molecule is COc1ccc(CC(=O)Nc2sccc2-c2nc3ccccc3s2)cc1C. The fourth-order valence-electron chi connectivity index (χ4n) is 2.97. The van der Waals surface area contributed by atoms with E-state index >= 15 is 0 Å². The van der Waals surface area contributed by atoms with Crippen molar-refractivity contribution in [3.05, 3.63) is 65.0 Å². The van der Waals surface area contributed by atoms with Crippen LogP contribution >= 0.6 is 22.7 Å². The van der Waals surface area contributed by atoms with E-state index in [4.69, 9.17) is 9.72 Å². The number of hydrogen-bond acceptors (Lipinski definition) is 5. The van der Waals surface area contributed by atoms with E-state index in [0.29, 0.717) is 6.42 Å². The number of fused-ring (bicyclic) bond motifs is 1. The number of thiophene rings is 1. The first-order valence-electron chi connectivity index (χ1n) is 8.51. The first-order chi connectivity index (χ1) is 13.1. The number of carbonyl (C=O) groups excluding carboxylic acids is 1. The lowest BCUT2D eigenvalue weighted by Gasteiger charge is -2.08. The van der Waals surface area contributed by atoms with Crippen molar-refractivity contribution in [1.82, 2.24) is 4.98 Å². The number of methoxy groups -OCH3 is 1. The Kier molecular flexibility index (Phi) is 4.92. The fraction of sp³-hybridized carbons (Fsp3) is 0.143. The van der Waals surface area contributed by atoms with Crippen LogP contribution in [-0.4, -0.2) is 18.0 Å². The molecule has 1 N–H and O–H groups in total. The third-order valence-corrected chi connectivity index (χ3v) is 6.17. The summed E-state index contributed by atoms with van der Waals surface area (Å²) in [6.45, 7) is 1.98. The van der Waals surface area contributed by atoms with Gasteiger partial charge in [-0.1, -0.05) is 24.3 Å². The number of benzene rings is 2. The normalized spacial score (nSPS) is 10.9. The maximum atomic E-state index is 12.5. The molecule has 0 fully saturated rings. The van der Waals surface area contributed by atoms with Crippen LogP contribution in [0.5, 0.6) is 5.75 Å². The van der Waals surface area contributed by atoms with Crippen LogP contribution in [0.1, 0.15) is 11.1 Å². The molecule has 0 saturated heterocycles. The highest BCUT2D eigenvalue weighted by molar-refractivity contribution is 7.22. The van der Waals surface area contributed by atoms with E-state index in [1.54, 1.807) is 18.4 Å². The summed E-state index contributed by atoms with van der Waals surface area (Å²) in [5, 5.41) is 6.79. The lowest BCUT2D eigenvalue weighted by molar-refractivity contribution is -0.115. The van der Waals surface area contributed by atoms with Gasteiger partial charge in [0.2, 0.25) is 5.91 Å². The molecule has 0 aliphatic carbocycles. The summed E-state index contributed by atoms with van der Waals surface area (Å²) in [4.78, 5) is 17.2. The minimum atomic E-state index is -0.0376. The summed E-state index contributed by atoms with van der Waals surface area (Å²) >= 11 is 3.15. The van der Waals surface area contributed by atoms with Gasteiger partial charge in [0.05, 0.1) is 23.7 Å². The lowest BCUT2D eigenvalue weighted by atomic mass is 10.1. The molecule has 1 amide bonds. The number of ether oxygens (including phenoxy) is 1. The molecular formula is C21H18N2O2S2. The molecule has 2 aromatic carbocycles. The molecule has 4 aromatic rings. The van der Waals surface area contributed by atoms with Crippen LogP contribution in [0.15, 0.2) is 53.9 Å². The van der Waals surface area contributed by atoms with Gasteiger partial charge in [-0.3, -0.25) is 4.79 Å². The molecule has 6 heteroatoms. The average Bonchev–Trinajstić information content (AvgIpc) is 3.27. The van der Waals surface area contributed by atoms with Crippen LogP contribution in [0, 0.1) is 6.92 Å². The zero-order chi connectivity index (χ0) is 18.8. The molecule has 0 atom stereocenters. The van der Waals surface area contributed by atoms with Crippen molar-refractivity contribution >= 4 is 43.8 Å². The number of rotatable bonds is 5. The minimum absolute atomic E-state index is 0.0376. The predicted molar refractivity (Wildman–Crippen MR) is 113 cm³/mol. The second kappa shape index (κ2) is 7.50. The molecule has 4 nitrogen and oxygen atoms in total. The maximum Gasteiger partial charge on any atom is 0.229 e. The Morgan fingerprint density at radius 1 is 1.19 bits per heavy atom. The van der Waals surface area contributed by atoms with Crippen LogP contribution < -0.4 is 10.1 Å². The second-order valence-corrected chi connectivity index (χ2v) is 8.13. The Labute approximate surface area is 165 Å². The number of carbonyl (C=O) groups is 1. The lowest BCUT2D eigenvalue weighted by Crippen LogP contribution is -2.14. The van der Waals surface area contributed by atoms with Gasteiger partial charge in [0.1, 0.15) is 15.8 Å². The molecule has 136 valence electrons. The molecule has 2 heterocycles. The monoisotopic (exact) mass is 394 g/mol. The topological polar surface area (TPSA) is 51.2 Å². The minimum Gasteiger partial charge on any atom is -0.496 e. The van der Waals surface area contributed by atoms with E-state index in [2.05, 4.69) is 11.4 Å². The van der Waals surface area contributed by atoms with Crippen LogP contribution in [0.4, 0.5) is 5.00 Å². The number of para-hydroxylation sites is 1. The van der Waals surface area contributed by atoms with Gasteiger partial charge in [-0.2, -0.15) is 0 Å². The largest absolute Gasteiger partial charge is 0.496 e. The highest BCUT2D eigenvalue weighted by Crippen LogP contribution is 2.37. The first kappa shape index (κ1) is 17.7. The molecule has 0 radical (unpaired) electrons. The molecule has 27 heavy (non-hydrogen) atoms. The van der Waals surface area contributed by atoms with E-state index in [1.165, 1.54) is 11.3 Å². The number of thiazole rings is 1. The van der Waals surface area contributed by atoms with Crippen molar-refractivity contribution in [2.75, 3.05) is 12.4 Å². The first-order valence-corrected chi connectivity index (χ1v) is 10.2. The van der Waals surface area contributed by atoms with Gasteiger partial charge in [-0.15, -0.1) is 22.7 Å². The van der Waals surface area contributed by atoms with Gasteiger partial charge in [-0.05, 0) is 47.7 Å². The molecule has 0 bridgehead atoms. The van der Waals surface area contributed by atoms with Gasteiger partial charge >= 0.3 is 0 Å². The molecule has 2 aromatic heterocycles. The number of nitrogens with one attached hydrogen (secondary N) is 1. The van der Waals surface area contributed by atoms with Crippen molar-refractivity contribution in [2.24, 2.45) is 0 Å². The van der Waals surface area contributed by atoms with Gasteiger partial charge in [0.15, 0.2) is 0 Å².